The van der Waals surface area contributed by atoms with Gasteiger partial charge in [0.2, 0.25) is 5.69 Å². The van der Waals surface area contributed by atoms with Crippen LogP contribution in [0.15, 0.2) is 42.6 Å². The molecule has 0 saturated heterocycles. The van der Waals surface area contributed by atoms with E-state index in [0.29, 0.717) is 11.3 Å². The van der Waals surface area contributed by atoms with E-state index in [9.17, 15) is 5.21 Å². The zero-order valence-corrected chi connectivity index (χ0v) is 9.25. The molecule has 0 unspecified atom stereocenters. The summed E-state index contributed by atoms with van der Waals surface area (Å²) in [6.07, 6.45) is 1.33. The van der Waals surface area contributed by atoms with Crippen LogP contribution in [0.5, 0.6) is 5.75 Å². The molecule has 0 bridgehead atoms. The lowest BCUT2D eigenvalue weighted by Crippen LogP contribution is -2.28. The molecule has 17 heavy (non-hydrogen) atoms. The normalized spacial score (nSPS) is 9.65. The molecule has 4 heteroatoms. The summed E-state index contributed by atoms with van der Waals surface area (Å²) in [5.74, 6) is 0.725. The SMILES string of the molecule is COc1ccc(-c2cc(C#N)cc[n+]2[O-])cc1. The Morgan fingerprint density at radius 2 is 1.94 bits per heavy atom. The molecule has 2 aromatic rings. The first-order chi connectivity index (χ1) is 8.24. The molecule has 0 spiro atoms. The maximum Gasteiger partial charge on any atom is 0.225 e. The van der Waals surface area contributed by atoms with Crippen LogP contribution < -0.4 is 9.47 Å². The van der Waals surface area contributed by atoms with E-state index in [0.717, 1.165) is 16.0 Å². The third-order valence-corrected chi connectivity index (χ3v) is 2.43. The minimum absolute atomic E-state index is 0.451. The lowest BCUT2D eigenvalue weighted by atomic mass is 10.1. The van der Waals surface area contributed by atoms with Gasteiger partial charge in [0.05, 0.1) is 18.7 Å². The largest absolute Gasteiger partial charge is 0.618 e. The van der Waals surface area contributed by atoms with Gasteiger partial charge in [0, 0.05) is 17.7 Å². The number of hydrogen-bond acceptors (Lipinski definition) is 3. The molecule has 1 aromatic heterocycles. The first kappa shape index (κ1) is 11.0. The standard InChI is InChI=1S/C13H10N2O2/c1-17-12-4-2-11(3-5-12)13-8-10(9-14)6-7-15(13)16/h2-8H,1H3. The Morgan fingerprint density at radius 1 is 1.24 bits per heavy atom. The Bertz CT molecular complexity index is 571. The molecule has 84 valence electrons. The van der Waals surface area contributed by atoms with Crippen LogP contribution in [0.3, 0.4) is 0 Å². The summed E-state index contributed by atoms with van der Waals surface area (Å²) in [7, 11) is 1.58. The van der Waals surface area contributed by atoms with E-state index in [1.807, 2.05) is 6.07 Å². The molecule has 0 N–H and O–H groups in total. The van der Waals surface area contributed by atoms with Crippen molar-refractivity contribution in [3.8, 4) is 23.1 Å². The predicted octanol–water partition coefficient (Wildman–Crippen LogP) is 1.87. The molecule has 0 aliphatic rings. The molecule has 0 aliphatic heterocycles. The fraction of sp³-hybridized carbons (Fsp3) is 0.0769. The van der Waals surface area contributed by atoms with Crippen molar-refractivity contribution in [2.24, 2.45) is 0 Å². The van der Waals surface area contributed by atoms with Gasteiger partial charge in [-0.25, -0.2) is 0 Å². The Labute approximate surface area is 98.9 Å². The summed E-state index contributed by atoms with van der Waals surface area (Å²) in [6.45, 7) is 0. The quantitative estimate of drug-likeness (QED) is 0.580. The van der Waals surface area contributed by atoms with Crippen molar-refractivity contribution in [2.45, 2.75) is 0 Å². The number of nitriles is 1. The van der Waals surface area contributed by atoms with Gasteiger partial charge >= 0.3 is 0 Å². The first-order valence-corrected chi connectivity index (χ1v) is 5.02. The van der Waals surface area contributed by atoms with Crippen molar-refractivity contribution in [3.63, 3.8) is 0 Å². The van der Waals surface area contributed by atoms with E-state index in [1.165, 1.54) is 12.3 Å². The average molecular weight is 226 g/mol. The highest BCUT2D eigenvalue weighted by atomic mass is 16.5. The zero-order valence-electron chi connectivity index (χ0n) is 9.25. The van der Waals surface area contributed by atoms with Gasteiger partial charge in [0.25, 0.3) is 0 Å². The topological polar surface area (TPSA) is 60.0 Å². The van der Waals surface area contributed by atoms with E-state index in [4.69, 9.17) is 10.00 Å². The van der Waals surface area contributed by atoms with Gasteiger partial charge in [0.1, 0.15) is 5.75 Å². The number of pyridine rings is 1. The second-order valence-electron chi connectivity index (χ2n) is 3.47. The highest BCUT2D eigenvalue weighted by Crippen LogP contribution is 2.20. The minimum Gasteiger partial charge on any atom is -0.618 e. The predicted molar refractivity (Wildman–Crippen MR) is 62.1 cm³/mol. The Hall–Kier alpha value is -2.54. The van der Waals surface area contributed by atoms with E-state index in [1.54, 1.807) is 37.4 Å². The van der Waals surface area contributed by atoms with Gasteiger partial charge in [-0.05, 0) is 24.3 Å². The number of benzene rings is 1. The molecule has 0 amide bonds. The van der Waals surface area contributed by atoms with E-state index in [2.05, 4.69) is 0 Å². The van der Waals surface area contributed by atoms with Crippen molar-refractivity contribution in [1.29, 1.82) is 5.26 Å². The Morgan fingerprint density at radius 3 is 2.53 bits per heavy atom. The van der Waals surface area contributed by atoms with Crippen molar-refractivity contribution >= 4 is 0 Å². The van der Waals surface area contributed by atoms with Crippen LogP contribution in [0.4, 0.5) is 0 Å². The number of aromatic nitrogens is 1. The maximum atomic E-state index is 11.6. The molecule has 2 rings (SSSR count). The second-order valence-corrected chi connectivity index (χ2v) is 3.47. The molecule has 0 aliphatic carbocycles. The summed E-state index contributed by atoms with van der Waals surface area (Å²) in [4.78, 5) is 0. The minimum atomic E-state index is 0.451. The number of hydrogen-bond donors (Lipinski definition) is 0. The van der Waals surface area contributed by atoms with Crippen LogP contribution in [0.1, 0.15) is 5.56 Å². The fourth-order valence-electron chi connectivity index (χ4n) is 1.53. The highest BCUT2D eigenvalue weighted by Gasteiger charge is 2.09. The van der Waals surface area contributed by atoms with Crippen molar-refractivity contribution in [1.82, 2.24) is 0 Å². The van der Waals surface area contributed by atoms with Gasteiger partial charge in [-0.1, -0.05) is 0 Å². The molecule has 0 fully saturated rings. The number of ether oxygens (including phenoxy) is 1. The summed E-state index contributed by atoms with van der Waals surface area (Å²) < 4.78 is 5.78. The van der Waals surface area contributed by atoms with Crippen LogP contribution in [-0.2, 0) is 0 Å². The zero-order chi connectivity index (χ0) is 12.3. The Balaban J connectivity index is 2.48. The third-order valence-electron chi connectivity index (χ3n) is 2.43. The highest BCUT2D eigenvalue weighted by molar-refractivity contribution is 5.59. The number of nitrogens with zero attached hydrogens (tertiary/aromatic N) is 2. The van der Waals surface area contributed by atoms with Crippen molar-refractivity contribution < 1.29 is 9.47 Å². The molecule has 1 aromatic carbocycles. The van der Waals surface area contributed by atoms with E-state index < -0.39 is 0 Å². The molecule has 0 atom stereocenters. The molecule has 0 radical (unpaired) electrons. The molecular weight excluding hydrogens is 216 g/mol. The maximum absolute atomic E-state index is 11.6. The van der Waals surface area contributed by atoms with Gasteiger partial charge in [-0.15, -0.1) is 0 Å². The van der Waals surface area contributed by atoms with Crippen LogP contribution >= 0.6 is 0 Å². The van der Waals surface area contributed by atoms with E-state index >= 15 is 0 Å². The van der Waals surface area contributed by atoms with Crippen molar-refractivity contribution in [3.05, 3.63) is 53.4 Å². The number of methoxy groups -OCH3 is 1. The van der Waals surface area contributed by atoms with Gasteiger partial charge in [0.15, 0.2) is 6.20 Å². The lowest BCUT2D eigenvalue weighted by molar-refractivity contribution is -0.593. The Kier molecular flexibility index (Phi) is 2.93. The summed E-state index contributed by atoms with van der Waals surface area (Å²) >= 11 is 0. The average Bonchev–Trinajstić information content (AvgIpc) is 2.39. The number of rotatable bonds is 2. The monoisotopic (exact) mass is 226 g/mol. The molecular formula is C13H10N2O2. The van der Waals surface area contributed by atoms with E-state index in [-0.39, 0.29) is 0 Å². The van der Waals surface area contributed by atoms with Gasteiger partial charge in [-0.3, -0.25) is 0 Å². The molecule has 1 heterocycles. The summed E-state index contributed by atoms with van der Waals surface area (Å²) in [5, 5.41) is 20.4. The fourth-order valence-corrected chi connectivity index (χ4v) is 1.53. The van der Waals surface area contributed by atoms with Gasteiger partial charge in [-0.2, -0.15) is 9.99 Å². The molecule has 4 nitrogen and oxygen atoms in total. The summed E-state index contributed by atoms with van der Waals surface area (Å²) in [5.41, 5.74) is 1.66. The second kappa shape index (κ2) is 4.54. The lowest BCUT2D eigenvalue weighted by Gasteiger charge is -2.05. The summed E-state index contributed by atoms with van der Waals surface area (Å²) in [6, 6.07) is 12.2. The smallest absolute Gasteiger partial charge is 0.225 e. The van der Waals surface area contributed by atoms with Crippen LogP contribution in [0.2, 0.25) is 0 Å². The van der Waals surface area contributed by atoms with Crippen molar-refractivity contribution in [2.75, 3.05) is 7.11 Å². The first-order valence-electron chi connectivity index (χ1n) is 5.02. The van der Waals surface area contributed by atoms with Crippen LogP contribution in [-0.4, -0.2) is 7.11 Å². The van der Waals surface area contributed by atoms with Crippen LogP contribution in [0, 0.1) is 16.5 Å². The van der Waals surface area contributed by atoms with Gasteiger partial charge < -0.3 is 9.94 Å². The third kappa shape index (κ3) is 2.18. The molecule has 0 saturated carbocycles. The van der Waals surface area contributed by atoms with Crippen LogP contribution in [0.25, 0.3) is 11.3 Å².